The third-order valence-electron chi connectivity index (χ3n) is 4.85. The number of hydrogen-bond donors (Lipinski definition) is 0. The fraction of sp³-hybridized carbons (Fsp3) is 0.286. The smallest absolute Gasteiger partial charge is 0.254 e. The number of amides is 1. The second kappa shape index (κ2) is 7.23. The second-order valence-electron chi connectivity index (χ2n) is 6.71. The number of rotatable bonds is 4. The summed E-state index contributed by atoms with van der Waals surface area (Å²) in [7, 11) is 1.63. The lowest BCUT2D eigenvalue weighted by Crippen LogP contribution is -2.30. The van der Waals surface area contributed by atoms with Crippen molar-refractivity contribution in [3.05, 3.63) is 65.5 Å². The third kappa shape index (κ3) is 3.43. The number of ether oxygens (including phenoxy) is 1. The van der Waals surface area contributed by atoms with Crippen LogP contribution in [-0.4, -0.2) is 34.6 Å². The summed E-state index contributed by atoms with van der Waals surface area (Å²) in [5, 5.41) is 4.10. The van der Waals surface area contributed by atoms with Crippen LogP contribution in [0.4, 0.5) is 0 Å². The van der Waals surface area contributed by atoms with Gasteiger partial charge in [0.1, 0.15) is 11.8 Å². The Kier molecular flexibility index (Phi) is 4.62. The Bertz CT molecular complexity index is 949. The highest BCUT2D eigenvalue weighted by Gasteiger charge is 2.34. The first kappa shape index (κ1) is 17.3. The van der Waals surface area contributed by atoms with Crippen LogP contribution in [0.1, 0.15) is 40.7 Å². The van der Waals surface area contributed by atoms with Gasteiger partial charge in [0, 0.05) is 17.7 Å². The normalized spacial score (nSPS) is 16.5. The molecule has 1 unspecified atom stereocenters. The molecule has 27 heavy (non-hydrogen) atoms. The number of likely N-dealkylation sites (tertiary alicyclic amines) is 1. The van der Waals surface area contributed by atoms with Crippen molar-refractivity contribution in [2.24, 2.45) is 0 Å². The first-order valence-corrected chi connectivity index (χ1v) is 9.01. The highest BCUT2D eigenvalue weighted by molar-refractivity contribution is 5.94. The van der Waals surface area contributed by atoms with Gasteiger partial charge in [0.05, 0.1) is 7.11 Å². The van der Waals surface area contributed by atoms with E-state index in [1.165, 1.54) is 0 Å². The molecule has 3 aromatic rings. The third-order valence-corrected chi connectivity index (χ3v) is 4.85. The van der Waals surface area contributed by atoms with Gasteiger partial charge in [-0.1, -0.05) is 22.9 Å². The molecule has 0 bridgehead atoms. The van der Waals surface area contributed by atoms with Crippen LogP contribution in [0, 0.1) is 6.92 Å². The first-order valence-electron chi connectivity index (χ1n) is 9.01. The van der Waals surface area contributed by atoms with Gasteiger partial charge >= 0.3 is 0 Å². The van der Waals surface area contributed by atoms with Crippen molar-refractivity contribution in [1.82, 2.24) is 15.0 Å². The van der Waals surface area contributed by atoms with E-state index >= 15 is 0 Å². The van der Waals surface area contributed by atoms with Gasteiger partial charge in [0.25, 0.3) is 5.91 Å². The van der Waals surface area contributed by atoms with Crippen LogP contribution in [0.25, 0.3) is 11.4 Å². The van der Waals surface area contributed by atoms with Crippen LogP contribution in [0.2, 0.25) is 0 Å². The zero-order chi connectivity index (χ0) is 18.8. The van der Waals surface area contributed by atoms with Gasteiger partial charge in [0.15, 0.2) is 0 Å². The van der Waals surface area contributed by atoms with Gasteiger partial charge < -0.3 is 14.2 Å². The molecule has 0 saturated carbocycles. The monoisotopic (exact) mass is 363 g/mol. The molecule has 0 aliphatic carbocycles. The zero-order valence-corrected chi connectivity index (χ0v) is 15.4. The molecule has 1 amide bonds. The molecule has 0 radical (unpaired) electrons. The van der Waals surface area contributed by atoms with Crippen LogP contribution in [0.3, 0.4) is 0 Å². The van der Waals surface area contributed by atoms with E-state index in [2.05, 4.69) is 10.1 Å². The van der Waals surface area contributed by atoms with Gasteiger partial charge in [-0.05, 0) is 56.2 Å². The molecule has 138 valence electrons. The van der Waals surface area contributed by atoms with Gasteiger partial charge in [-0.2, -0.15) is 4.98 Å². The number of benzene rings is 2. The van der Waals surface area contributed by atoms with Gasteiger partial charge in [-0.3, -0.25) is 4.79 Å². The van der Waals surface area contributed by atoms with E-state index in [9.17, 15) is 4.79 Å². The van der Waals surface area contributed by atoms with Gasteiger partial charge in [-0.15, -0.1) is 0 Å². The molecule has 0 spiro atoms. The summed E-state index contributed by atoms with van der Waals surface area (Å²) < 4.78 is 10.7. The lowest BCUT2D eigenvalue weighted by Gasteiger charge is -2.22. The summed E-state index contributed by atoms with van der Waals surface area (Å²) in [5.41, 5.74) is 2.60. The van der Waals surface area contributed by atoms with Crippen LogP contribution in [-0.2, 0) is 0 Å². The maximum Gasteiger partial charge on any atom is 0.254 e. The van der Waals surface area contributed by atoms with E-state index in [1.54, 1.807) is 7.11 Å². The molecule has 1 saturated heterocycles. The van der Waals surface area contributed by atoms with Crippen molar-refractivity contribution < 1.29 is 14.1 Å². The second-order valence-corrected chi connectivity index (χ2v) is 6.71. The zero-order valence-electron chi connectivity index (χ0n) is 15.4. The molecule has 2 aromatic carbocycles. The predicted octanol–water partition coefficient (Wildman–Crippen LogP) is 4.03. The number of hydrogen-bond acceptors (Lipinski definition) is 5. The van der Waals surface area contributed by atoms with Crippen LogP contribution < -0.4 is 4.74 Å². The van der Waals surface area contributed by atoms with Crippen molar-refractivity contribution in [3.63, 3.8) is 0 Å². The summed E-state index contributed by atoms with van der Waals surface area (Å²) in [4.78, 5) is 19.3. The van der Waals surface area contributed by atoms with Crippen molar-refractivity contribution >= 4 is 5.91 Å². The standard InChI is InChI=1S/C21H21N3O3/c1-14-5-3-6-16(13-14)21(25)24-12-4-7-18(24)20-22-19(23-27-20)15-8-10-17(26-2)11-9-15/h3,5-6,8-11,13,18H,4,7,12H2,1-2H3. The van der Waals surface area contributed by atoms with E-state index in [0.29, 0.717) is 23.8 Å². The van der Waals surface area contributed by atoms with Crippen molar-refractivity contribution in [2.45, 2.75) is 25.8 Å². The molecular formula is C21H21N3O3. The van der Waals surface area contributed by atoms with E-state index in [0.717, 1.165) is 29.7 Å². The molecule has 6 nitrogen and oxygen atoms in total. The molecule has 1 atom stereocenters. The Balaban J connectivity index is 1.57. The van der Waals surface area contributed by atoms with Crippen LogP contribution in [0.5, 0.6) is 5.75 Å². The average molecular weight is 363 g/mol. The SMILES string of the molecule is COc1ccc(-c2noc(C3CCCN3C(=O)c3cccc(C)c3)n2)cc1. The summed E-state index contributed by atoms with van der Waals surface area (Å²) in [6, 6.07) is 14.9. The van der Waals surface area contributed by atoms with E-state index in [4.69, 9.17) is 9.26 Å². The molecule has 1 aliphatic heterocycles. The number of carbonyl (C=O) groups excluding carboxylic acids is 1. The van der Waals surface area contributed by atoms with E-state index < -0.39 is 0 Å². The minimum Gasteiger partial charge on any atom is -0.497 e. The molecule has 1 aromatic heterocycles. The summed E-state index contributed by atoms with van der Waals surface area (Å²) >= 11 is 0. The Hall–Kier alpha value is -3.15. The lowest BCUT2D eigenvalue weighted by atomic mass is 10.1. The molecule has 2 heterocycles. The minimum absolute atomic E-state index is 0.00500. The largest absolute Gasteiger partial charge is 0.497 e. The van der Waals surface area contributed by atoms with Crippen LogP contribution in [0.15, 0.2) is 53.1 Å². The number of aryl methyl sites for hydroxylation is 1. The number of carbonyl (C=O) groups is 1. The molecule has 4 rings (SSSR count). The van der Waals surface area contributed by atoms with Crippen molar-refractivity contribution in [3.8, 4) is 17.1 Å². The molecule has 0 N–H and O–H groups in total. The number of methoxy groups -OCH3 is 1. The van der Waals surface area contributed by atoms with E-state index in [1.807, 2.05) is 60.4 Å². The molecular weight excluding hydrogens is 342 g/mol. The summed E-state index contributed by atoms with van der Waals surface area (Å²) in [5.74, 6) is 1.78. The average Bonchev–Trinajstić information content (AvgIpc) is 3.37. The molecule has 1 aliphatic rings. The highest BCUT2D eigenvalue weighted by atomic mass is 16.5. The Morgan fingerprint density at radius 1 is 1.22 bits per heavy atom. The van der Waals surface area contributed by atoms with Crippen molar-refractivity contribution in [1.29, 1.82) is 0 Å². The summed E-state index contributed by atoms with van der Waals surface area (Å²) in [6.07, 6.45) is 1.74. The number of nitrogens with zero attached hydrogens (tertiary/aromatic N) is 3. The Labute approximate surface area is 157 Å². The molecule has 6 heteroatoms. The quantitative estimate of drug-likeness (QED) is 0.700. The maximum atomic E-state index is 13.0. The Morgan fingerprint density at radius 3 is 2.78 bits per heavy atom. The minimum atomic E-state index is -0.183. The fourth-order valence-electron chi connectivity index (χ4n) is 3.44. The van der Waals surface area contributed by atoms with E-state index in [-0.39, 0.29) is 11.9 Å². The first-order chi connectivity index (χ1) is 13.2. The maximum absolute atomic E-state index is 13.0. The van der Waals surface area contributed by atoms with Crippen LogP contribution >= 0.6 is 0 Å². The summed E-state index contributed by atoms with van der Waals surface area (Å²) in [6.45, 7) is 2.68. The lowest BCUT2D eigenvalue weighted by molar-refractivity contribution is 0.0710. The van der Waals surface area contributed by atoms with Gasteiger partial charge in [0.2, 0.25) is 11.7 Å². The van der Waals surface area contributed by atoms with Crippen molar-refractivity contribution in [2.75, 3.05) is 13.7 Å². The Morgan fingerprint density at radius 2 is 2.04 bits per heavy atom. The number of aromatic nitrogens is 2. The highest BCUT2D eigenvalue weighted by Crippen LogP contribution is 2.33. The van der Waals surface area contributed by atoms with Gasteiger partial charge in [-0.25, -0.2) is 0 Å². The fourth-order valence-corrected chi connectivity index (χ4v) is 3.44. The predicted molar refractivity (Wildman–Crippen MR) is 100 cm³/mol. The molecule has 1 fully saturated rings. The topological polar surface area (TPSA) is 68.5 Å².